The van der Waals surface area contributed by atoms with Gasteiger partial charge in [-0.25, -0.2) is 4.99 Å². The van der Waals surface area contributed by atoms with Crippen LogP contribution in [0.1, 0.15) is 32.3 Å². The first kappa shape index (κ1) is 19.0. The molecule has 0 saturated carbocycles. The summed E-state index contributed by atoms with van der Waals surface area (Å²) in [5.74, 6) is 2.72. The van der Waals surface area contributed by atoms with Crippen molar-refractivity contribution in [2.75, 3.05) is 19.7 Å². The molecule has 2 aliphatic heterocycles. The zero-order valence-electron chi connectivity index (χ0n) is 16.1. The van der Waals surface area contributed by atoms with Crippen LogP contribution in [0.3, 0.4) is 0 Å². The van der Waals surface area contributed by atoms with Crippen LogP contribution in [0.5, 0.6) is 11.5 Å². The van der Waals surface area contributed by atoms with E-state index < -0.39 is 0 Å². The van der Waals surface area contributed by atoms with Gasteiger partial charge in [0.1, 0.15) is 29.3 Å². The Kier molecular flexibility index (Phi) is 5.84. The minimum Gasteiger partial charge on any atom is -0.493 e. The van der Waals surface area contributed by atoms with Crippen molar-refractivity contribution < 1.29 is 9.47 Å². The molecule has 1 saturated heterocycles. The van der Waals surface area contributed by atoms with Crippen molar-refractivity contribution in [1.82, 2.24) is 4.90 Å². The molecule has 2 aliphatic rings. The van der Waals surface area contributed by atoms with Crippen LogP contribution in [0.15, 0.2) is 47.1 Å². The molecule has 6 nitrogen and oxygen atoms in total. The van der Waals surface area contributed by atoms with Crippen molar-refractivity contribution in [3.05, 3.63) is 47.7 Å². The van der Waals surface area contributed by atoms with Crippen LogP contribution in [-0.2, 0) is 6.42 Å². The molecule has 0 bridgehead atoms. The maximum Gasteiger partial charge on any atom is 0.126 e. The van der Waals surface area contributed by atoms with Crippen LogP contribution >= 0.6 is 0 Å². The number of aliphatic imine (C=N–C) groups is 1. The van der Waals surface area contributed by atoms with Gasteiger partial charge in [-0.2, -0.15) is 0 Å². The third-order valence-corrected chi connectivity index (χ3v) is 5.26. The number of benzene rings is 1. The topological polar surface area (TPSA) is 83.9 Å². The van der Waals surface area contributed by atoms with Crippen LogP contribution in [-0.4, -0.2) is 42.4 Å². The Morgan fingerprint density at radius 2 is 2.07 bits per heavy atom. The van der Waals surface area contributed by atoms with E-state index in [1.807, 2.05) is 26.0 Å². The molecule has 1 fully saturated rings. The summed E-state index contributed by atoms with van der Waals surface area (Å²) >= 11 is 0. The average molecular weight is 368 g/mol. The molecule has 1 aromatic carbocycles. The van der Waals surface area contributed by atoms with Gasteiger partial charge in [-0.05, 0) is 36.6 Å². The average Bonchev–Trinajstić information content (AvgIpc) is 3.15. The Morgan fingerprint density at radius 3 is 2.78 bits per heavy atom. The standard InChI is InChI=1S/C21H28N4O2/c1-4-24-20(22)14(2)15(3)21(23)25-10-7-17(8-11-25)27-18-6-5-16-9-12-26-19(16)13-18/h4-6,13,17,23H,1,7-12H2,2-3H3,(H2,22,24)/b15-14-,23-21?. The quantitative estimate of drug-likeness (QED) is 0.617. The summed E-state index contributed by atoms with van der Waals surface area (Å²) in [6.45, 7) is 9.69. The number of nitrogens with two attached hydrogens (primary N) is 1. The van der Waals surface area contributed by atoms with Crippen LogP contribution in [0, 0.1) is 5.41 Å². The second-order valence-corrected chi connectivity index (χ2v) is 6.97. The normalized spacial score (nSPS) is 18.4. The summed E-state index contributed by atoms with van der Waals surface area (Å²) in [5, 5.41) is 8.49. The summed E-state index contributed by atoms with van der Waals surface area (Å²) in [4.78, 5) is 6.09. The number of nitrogens with zero attached hydrogens (tertiary/aromatic N) is 2. The summed E-state index contributed by atoms with van der Waals surface area (Å²) in [7, 11) is 0. The monoisotopic (exact) mass is 368 g/mol. The number of amidine groups is 2. The number of hydrogen-bond acceptors (Lipinski definition) is 4. The zero-order valence-corrected chi connectivity index (χ0v) is 16.1. The predicted molar refractivity (Wildman–Crippen MR) is 109 cm³/mol. The molecule has 0 aromatic heterocycles. The van der Waals surface area contributed by atoms with Gasteiger partial charge in [0.2, 0.25) is 0 Å². The van der Waals surface area contributed by atoms with E-state index in [0.717, 1.165) is 61.6 Å². The van der Waals surface area contributed by atoms with E-state index >= 15 is 0 Å². The summed E-state index contributed by atoms with van der Waals surface area (Å²) < 4.78 is 11.8. The van der Waals surface area contributed by atoms with Gasteiger partial charge in [-0.1, -0.05) is 12.6 Å². The third kappa shape index (κ3) is 4.32. The van der Waals surface area contributed by atoms with Crippen LogP contribution in [0.2, 0.25) is 0 Å². The second kappa shape index (κ2) is 8.29. The lowest BCUT2D eigenvalue weighted by Gasteiger charge is -2.34. The molecule has 144 valence electrons. The molecule has 3 rings (SSSR count). The van der Waals surface area contributed by atoms with Crippen molar-refractivity contribution in [2.24, 2.45) is 10.7 Å². The highest BCUT2D eigenvalue weighted by molar-refractivity contribution is 6.06. The molecule has 27 heavy (non-hydrogen) atoms. The fourth-order valence-corrected chi connectivity index (χ4v) is 3.41. The first-order valence-corrected chi connectivity index (χ1v) is 9.38. The Morgan fingerprint density at radius 1 is 1.33 bits per heavy atom. The molecule has 0 aliphatic carbocycles. The molecule has 6 heteroatoms. The fraction of sp³-hybridized carbons (Fsp3) is 0.429. The lowest BCUT2D eigenvalue weighted by molar-refractivity contribution is 0.130. The number of nitrogens with one attached hydrogen (secondary N) is 1. The molecule has 2 heterocycles. The van der Waals surface area contributed by atoms with E-state index in [2.05, 4.69) is 22.5 Å². The Balaban J connectivity index is 1.57. The van der Waals surface area contributed by atoms with Crippen LogP contribution < -0.4 is 15.2 Å². The van der Waals surface area contributed by atoms with Gasteiger partial charge >= 0.3 is 0 Å². The lowest BCUT2D eigenvalue weighted by Crippen LogP contribution is -2.42. The predicted octanol–water partition coefficient (Wildman–Crippen LogP) is 3.28. The van der Waals surface area contributed by atoms with Gasteiger partial charge in [-0.15, -0.1) is 0 Å². The van der Waals surface area contributed by atoms with E-state index in [0.29, 0.717) is 11.7 Å². The van der Waals surface area contributed by atoms with Crippen molar-refractivity contribution >= 4 is 11.7 Å². The highest BCUT2D eigenvalue weighted by Crippen LogP contribution is 2.31. The molecule has 0 spiro atoms. The van der Waals surface area contributed by atoms with Crippen LogP contribution in [0.4, 0.5) is 0 Å². The van der Waals surface area contributed by atoms with Crippen molar-refractivity contribution in [3.8, 4) is 11.5 Å². The van der Waals surface area contributed by atoms with E-state index in [4.69, 9.17) is 20.6 Å². The maximum absolute atomic E-state index is 8.49. The number of hydrogen-bond donors (Lipinski definition) is 2. The number of likely N-dealkylation sites (tertiary alicyclic amines) is 1. The molecular formula is C21H28N4O2. The Hall–Kier alpha value is -2.76. The second-order valence-electron chi connectivity index (χ2n) is 6.97. The number of ether oxygens (including phenoxy) is 2. The molecular weight excluding hydrogens is 340 g/mol. The smallest absolute Gasteiger partial charge is 0.126 e. The number of fused-ring (bicyclic) bond motifs is 1. The van der Waals surface area contributed by atoms with Crippen molar-refractivity contribution in [3.63, 3.8) is 0 Å². The van der Waals surface area contributed by atoms with Crippen molar-refractivity contribution in [1.29, 1.82) is 5.41 Å². The van der Waals surface area contributed by atoms with Gasteiger partial charge in [0, 0.05) is 44.6 Å². The lowest BCUT2D eigenvalue weighted by atomic mass is 10.0. The van der Waals surface area contributed by atoms with Crippen molar-refractivity contribution in [2.45, 2.75) is 39.2 Å². The molecule has 3 N–H and O–H groups in total. The highest BCUT2D eigenvalue weighted by Gasteiger charge is 2.24. The van der Waals surface area contributed by atoms with Gasteiger partial charge in [0.05, 0.1) is 6.61 Å². The minimum absolute atomic E-state index is 0.159. The van der Waals surface area contributed by atoms with E-state index in [-0.39, 0.29) is 6.10 Å². The summed E-state index contributed by atoms with van der Waals surface area (Å²) in [6, 6.07) is 6.11. The van der Waals surface area contributed by atoms with Gasteiger partial charge in [0.25, 0.3) is 0 Å². The Labute approximate surface area is 160 Å². The molecule has 0 amide bonds. The Bertz CT molecular complexity index is 789. The van der Waals surface area contributed by atoms with E-state index in [1.165, 1.54) is 11.8 Å². The highest BCUT2D eigenvalue weighted by atomic mass is 16.5. The molecule has 0 radical (unpaired) electrons. The SMILES string of the molecule is C=CN=C(N)/C(C)=C(/C)C(=N)N1CCC(Oc2ccc3c(c2)OCC3)CC1. The zero-order chi connectivity index (χ0) is 19.4. The number of piperidine rings is 1. The molecule has 1 aromatic rings. The number of rotatable bonds is 5. The molecule has 0 unspecified atom stereocenters. The third-order valence-electron chi connectivity index (χ3n) is 5.26. The molecule has 0 atom stereocenters. The largest absolute Gasteiger partial charge is 0.493 e. The summed E-state index contributed by atoms with van der Waals surface area (Å²) in [5.41, 5.74) is 8.83. The fourth-order valence-electron chi connectivity index (χ4n) is 3.41. The summed E-state index contributed by atoms with van der Waals surface area (Å²) in [6.07, 6.45) is 4.31. The first-order valence-electron chi connectivity index (χ1n) is 9.38. The van der Waals surface area contributed by atoms with E-state index in [9.17, 15) is 0 Å². The van der Waals surface area contributed by atoms with E-state index in [1.54, 1.807) is 0 Å². The maximum atomic E-state index is 8.49. The van der Waals surface area contributed by atoms with Gasteiger partial charge in [0.15, 0.2) is 0 Å². The minimum atomic E-state index is 0.159. The first-order chi connectivity index (χ1) is 13.0. The van der Waals surface area contributed by atoms with Gasteiger partial charge in [-0.3, -0.25) is 5.41 Å². The van der Waals surface area contributed by atoms with Gasteiger partial charge < -0.3 is 20.1 Å². The van der Waals surface area contributed by atoms with Crippen LogP contribution in [0.25, 0.3) is 0 Å².